The Labute approximate surface area is 168 Å². The SMILES string of the molecule is COc1cc(OC)c(OC)cc1/C=C/C(=O)N[C@H](C)c1ccc(Cl)cc1Cl. The monoisotopic (exact) mass is 409 g/mol. The van der Waals surface area contributed by atoms with Crippen molar-refractivity contribution in [1.82, 2.24) is 5.32 Å². The van der Waals surface area contributed by atoms with E-state index in [1.54, 1.807) is 57.7 Å². The maximum Gasteiger partial charge on any atom is 0.244 e. The van der Waals surface area contributed by atoms with Crippen LogP contribution >= 0.6 is 23.2 Å². The van der Waals surface area contributed by atoms with Crippen LogP contribution < -0.4 is 19.5 Å². The molecule has 0 spiro atoms. The lowest BCUT2D eigenvalue weighted by molar-refractivity contribution is -0.117. The number of ether oxygens (including phenoxy) is 3. The zero-order valence-corrected chi connectivity index (χ0v) is 17.0. The van der Waals surface area contributed by atoms with Gasteiger partial charge in [0.25, 0.3) is 0 Å². The van der Waals surface area contributed by atoms with Crippen LogP contribution in [0.5, 0.6) is 17.2 Å². The smallest absolute Gasteiger partial charge is 0.244 e. The van der Waals surface area contributed by atoms with Crippen molar-refractivity contribution in [2.45, 2.75) is 13.0 Å². The molecule has 27 heavy (non-hydrogen) atoms. The van der Waals surface area contributed by atoms with Crippen molar-refractivity contribution >= 4 is 35.2 Å². The highest BCUT2D eigenvalue weighted by Crippen LogP contribution is 2.35. The largest absolute Gasteiger partial charge is 0.496 e. The molecular weight excluding hydrogens is 389 g/mol. The Morgan fingerprint density at radius 2 is 1.63 bits per heavy atom. The summed E-state index contributed by atoms with van der Waals surface area (Å²) in [6, 6.07) is 8.32. The molecule has 0 saturated heterocycles. The van der Waals surface area contributed by atoms with Gasteiger partial charge in [-0.3, -0.25) is 4.79 Å². The molecule has 0 fully saturated rings. The summed E-state index contributed by atoms with van der Waals surface area (Å²) in [6.45, 7) is 1.85. The number of halogens is 2. The van der Waals surface area contributed by atoms with Crippen LogP contribution in [0.15, 0.2) is 36.4 Å². The predicted octanol–water partition coefficient (Wildman–Crippen LogP) is 4.91. The minimum atomic E-state index is -0.279. The second kappa shape index (κ2) is 9.53. The zero-order valence-electron chi connectivity index (χ0n) is 15.5. The van der Waals surface area contributed by atoms with Gasteiger partial charge < -0.3 is 19.5 Å². The van der Waals surface area contributed by atoms with E-state index in [-0.39, 0.29) is 11.9 Å². The number of carbonyl (C=O) groups is 1. The fourth-order valence-corrected chi connectivity index (χ4v) is 3.11. The van der Waals surface area contributed by atoms with Gasteiger partial charge in [0.15, 0.2) is 11.5 Å². The quantitative estimate of drug-likeness (QED) is 0.659. The first kappa shape index (κ1) is 20.9. The molecule has 5 nitrogen and oxygen atoms in total. The number of hydrogen-bond donors (Lipinski definition) is 1. The molecule has 2 aromatic rings. The minimum Gasteiger partial charge on any atom is -0.496 e. The van der Waals surface area contributed by atoms with Gasteiger partial charge in [-0.15, -0.1) is 0 Å². The average molecular weight is 410 g/mol. The fraction of sp³-hybridized carbons (Fsp3) is 0.250. The van der Waals surface area contributed by atoms with E-state index in [0.29, 0.717) is 32.9 Å². The molecule has 1 atom stereocenters. The summed E-state index contributed by atoms with van der Waals surface area (Å²) in [4.78, 5) is 12.3. The molecule has 0 unspecified atom stereocenters. The first-order valence-electron chi connectivity index (χ1n) is 8.13. The molecule has 0 aliphatic rings. The second-order valence-electron chi connectivity index (χ2n) is 5.68. The van der Waals surface area contributed by atoms with E-state index in [2.05, 4.69) is 5.32 Å². The van der Waals surface area contributed by atoms with E-state index in [4.69, 9.17) is 37.4 Å². The van der Waals surface area contributed by atoms with Crippen LogP contribution in [-0.2, 0) is 4.79 Å². The minimum absolute atomic E-state index is 0.273. The molecule has 2 aromatic carbocycles. The Bertz CT molecular complexity index is 852. The van der Waals surface area contributed by atoms with Gasteiger partial charge in [-0.05, 0) is 36.8 Å². The molecule has 1 N–H and O–H groups in total. The topological polar surface area (TPSA) is 56.8 Å². The first-order chi connectivity index (χ1) is 12.9. The van der Waals surface area contributed by atoms with Crippen molar-refractivity contribution in [2.24, 2.45) is 0 Å². The number of rotatable bonds is 7. The van der Waals surface area contributed by atoms with Crippen molar-refractivity contribution in [3.05, 3.63) is 57.6 Å². The van der Waals surface area contributed by atoms with Crippen molar-refractivity contribution in [3.63, 3.8) is 0 Å². The number of amides is 1. The molecule has 1 amide bonds. The van der Waals surface area contributed by atoms with Crippen molar-refractivity contribution in [3.8, 4) is 17.2 Å². The number of nitrogens with one attached hydrogen (secondary N) is 1. The number of benzene rings is 2. The Hall–Kier alpha value is -2.37. The lowest BCUT2D eigenvalue weighted by Crippen LogP contribution is -2.24. The molecule has 0 bridgehead atoms. The van der Waals surface area contributed by atoms with Gasteiger partial charge in [0.1, 0.15) is 5.75 Å². The lowest BCUT2D eigenvalue weighted by Gasteiger charge is -2.15. The summed E-state index contributed by atoms with van der Waals surface area (Å²) in [6.07, 6.45) is 3.07. The summed E-state index contributed by atoms with van der Waals surface area (Å²) in [7, 11) is 4.63. The molecule has 7 heteroatoms. The van der Waals surface area contributed by atoms with Gasteiger partial charge in [-0.1, -0.05) is 29.3 Å². The maximum atomic E-state index is 12.3. The summed E-state index contributed by atoms with van der Waals surface area (Å²) in [5.41, 5.74) is 1.47. The van der Waals surface area contributed by atoms with Crippen LogP contribution in [0.3, 0.4) is 0 Å². The summed E-state index contributed by atoms with van der Waals surface area (Å²) in [5.74, 6) is 1.37. The van der Waals surface area contributed by atoms with Crippen molar-refractivity contribution < 1.29 is 19.0 Å². The number of methoxy groups -OCH3 is 3. The third-order valence-electron chi connectivity index (χ3n) is 3.94. The van der Waals surface area contributed by atoms with Crippen LogP contribution in [-0.4, -0.2) is 27.2 Å². The van der Waals surface area contributed by atoms with Crippen LogP contribution in [0.2, 0.25) is 10.0 Å². The standard InChI is InChI=1S/C20H21Cl2NO4/c1-12(15-7-6-14(21)10-16(15)22)23-20(24)8-5-13-9-18(26-3)19(27-4)11-17(13)25-2/h5-12H,1-4H3,(H,23,24)/b8-5+/t12-/m1/s1. The zero-order chi connectivity index (χ0) is 20.0. The normalized spacial score (nSPS) is 11.9. The molecule has 2 rings (SSSR count). The Morgan fingerprint density at radius 3 is 2.22 bits per heavy atom. The lowest BCUT2D eigenvalue weighted by atomic mass is 10.1. The molecule has 0 saturated carbocycles. The highest BCUT2D eigenvalue weighted by molar-refractivity contribution is 6.35. The fourth-order valence-electron chi connectivity index (χ4n) is 2.54. The summed E-state index contributed by atoms with van der Waals surface area (Å²) in [5, 5.41) is 3.91. The Kier molecular flexibility index (Phi) is 7.39. The third kappa shape index (κ3) is 5.31. The highest BCUT2D eigenvalue weighted by atomic mass is 35.5. The second-order valence-corrected chi connectivity index (χ2v) is 6.52. The van der Waals surface area contributed by atoms with E-state index >= 15 is 0 Å². The molecule has 0 heterocycles. The van der Waals surface area contributed by atoms with E-state index < -0.39 is 0 Å². The van der Waals surface area contributed by atoms with Crippen molar-refractivity contribution in [2.75, 3.05) is 21.3 Å². The van der Waals surface area contributed by atoms with Crippen LogP contribution in [0.25, 0.3) is 6.08 Å². The third-order valence-corrected chi connectivity index (χ3v) is 4.50. The molecular formula is C20H21Cl2NO4. The molecule has 0 aliphatic heterocycles. The van der Waals surface area contributed by atoms with Gasteiger partial charge in [0.05, 0.1) is 27.4 Å². The van der Waals surface area contributed by atoms with Gasteiger partial charge in [-0.2, -0.15) is 0 Å². The van der Waals surface area contributed by atoms with Crippen LogP contribution in [0, 0.1) is 0 Å². The van der Waals surface area contributed by atoms with E-state index in [1.807, 2.05) is 6.92 Å². The first-order valence-corrected chi connectivity index (χ1v) is 8.88. The molecule has 0 aliphatic carbocycles. The summed E-state index contributed by atoms with van der Waals surface area (Å²) >= 11 is 12.1. The number of carbonyl (C=O) groups excluding carboxylic acids is 1. The van der Waals surface area contributed by atoms with E-state index in [0.717, 1.165) is 5.56 Å². The molecule has 0 aromatic heterocycles. The average Bonchev–Trinajstić information content (AvgIpc) is 2.65. The van der Waals surface area contributed by atoms with Crippen molar-refractivity contribution in [1.29, 1.82) is 0 Å². The van der Waals surface area contributed by atoms with Gasteiger partial charge in [0.2, 0.25) is 5.91 Å². The van der Waals surface area contributed by atoms with Gasteiger partial charge >= 0.3 is 0 Å². The van der Waals surface area contributed by atoms with Gasteiger partial charge in [-0.25, -0.2) is 0 Å². The summed E-state index contributed by atoms with van der Waals surface area (Å²) < 4.78 is 15.9. The molecule has 144 valence electrons. The van der Waals surface area contributed by atoms with Gasteiger partial charge in [0, 0.05) is 27.8 Å². The number of hydrogen-bond acceptors (Lipinski definition) is 4. The van der Waals surface area contributed by atoms with Crippen LogP contribution in [0.4, 0.5) is 0 Å². The van der Waals surface area contributed by atoms with E-state index in [1.165, 1.54) is 6.08 Å². The Balaban J connectivity index is 2.16. The Morgan fingerprint density at radius 1 is 1.00 bits per heavy atom. The maximum absolute atomic E-state index is 12.3. The van der Waals surface area contributed by atoms with E-state index in [9.17, 15) is 4.79 Å². The highest BCUT2D eigenvalue weighted by Gasteiger charge is 2.13. The van der Waals surface area contributed by atoms with Crippen LogP contribution in [0.1, 0.15) is 24.1 Å². The molecule has 0 radical (unpaired) electrons. The predicted molar refractivity (Wildman–Crippen MR) is 108 cm³/mol.